The Hall–Kier alpha value is -2.64. The highest BCUT2D eigenvalue weighted by atomic mass is 19.1. The van der Waals surface area contributed by atoms with E-state index in [0.29, 0.717) is 4.57 Å². The molecule has 0 aliphatic carbocycles. The number of H-pyrrole nitrogens is 2. The van der Waals surface area contributed by atoms with Gasteiger partial charge in [0, 0.05) is 0 Å². The molecule has 1 heterocycles. The SMILES string of the molecule is O=C(O)c1cc(-n2c(=O)[nH][nH]c2=O)ccc1F. The molecule has 88 valence electrons. The number of carbonyl (C=O) groups is 1. The number of carboxylic acids is 1. The zero-order valence-corrected chi connectivity index (χ0v) is 8.23. The van der Waals surface area contributed by atoms with E-state index >= 15 is 0 Å². The fraction of sp³-hybridized carbons (Fsp3) is 0. The summed E-state index contributed by atoms with van der Waals surface area (Å²) in [5, 5.41) is 12.8. The summed E-state index contributed by atoms with van der Waals surface area (Å²) in [5.41, 5.74) is -2.18. The van der Waals surface area contributed by atoms with E-state index in [4.69, 9.17) is 5.11 Å². The highest BCUT2D eigenvalue weighted by molar-refractivity contribution is 5.88. The highest BCUT2D eigenvalue weighted by Gasteiger charge is 2.13. The molecular formula is C9H6FN3O4. The van der Waals surface area contributed by atoms with Gasteiger partial charge in [0.05, 0.1) is 11.3 Å². The molecule has 0 fully saturated rings. The first-order valence-corrected chi connectivity index (χ1v) is 4.43. The van der Waals surface area contributed by atoms with Crippen LogP contribution in [0, 0.1) is 5.82 Å². The Morgan fingerprint density at radius 2 is 1.82 bits per heavy atom. The van der Waals surface area contributed by atoms with Crippen LogP contribution < -0.4 is 11.4 Å². The quantitative estimate of drug-likeness (QED) is 0.668. The monoisotopic (exact) mass is 239 g/mol. The summed E-state index contributed by atoms with van der Waals surface area (Å²) >= 11 is 0. The lowest BCUT2D eigenvalue weighted by atomic mass is 10.2. The molecule has 0 spiro atoms. The van der Waals surface area contributed by atoms with E-state index < -0.39 is 28.7 Å². The Morgan fingerprint density at radius 1 is 1.24 bits per heavy atom. The van der Waals surface area contributed by atoms with Crippen LogP contribution in [0.15, 0.2) is 27.8 Å². The van der Waals surface area contributed by atoms with Crippen LogP contribution >= 0.6 is 0 Å². The first-order chi connectivity index (χ1) is 8.00. The van der Waals surface area contributed by atoms with Gasteiger partial charge in [-0.2, -0.15) is 0 Å². The number of carboxylic acid groups (broad SMARTS) is 1. The number of hydrogen-bond acceptors (Lipinski definition) is 3. The first-order valence-electron chi connectivity index (χ1n) is 4.43. The Morgan fingerprint density at radius 3 is 2.35 bits per heavy atom. The largest absolute Gasteiger partial charge is 0.478 e. The van der Waals surface area contributed by atoms with Crippen molar-refractivity contribution in [2.45, 2.75) is 0 Å². The van der Waals surface area contributed by atoms with Crippen molar-refractivity contribution in [2.75, 3.05) is 0 Å². The predicted molar refractivity (Wildman–Crippen MR) is 53.9 cm³/mol. The summed E-state index contributed by atoms with van der Waals surface area (Å²) < 4.78 is 13.8. The average Bonchev–Trinajstić information content (AvgIpc) is 2.59. The third-order valence-electron chi connectivity index (χ3n) is 2.12. The minimum atomic E-state index is -1.48. The maximum absolute atomic E-state index is 13.1. The van der Waals surface area contributed by atoms with Crippen LogP contribution in [0.25, 0.3) is 5.69 Å². The number of nitrogens with zero attached hydrogens (tertiary/aromatic N) is 1. The van der Waals surface area contributed by atoms with Gasteiger partial charge in [0.2, 0.25) is 0 Å². The second kappa shape index (κ2) is 3.74. The maximum atomic E-state index is 13.1. The normalized spacial score (nSPS) is 10.4. The van der Waals surface area contributed by atoms with E-state index in [9.17, 15) is 18.8 Å². The molecule has 0 aliphatic rings. The van der Waals surface area contributed by atoms with Gasteiger partial charge < -0.3 is 5.11 Å². The van der Waals surface area contributed by atoms with E-state index in [1.165, 1.54) is 0 Å². The Kier molecular flexibility index (Phi) is 2.39. The van der Waals surface area contributed by atoms with Gasteiger partial charge in [0.15, 0.2) is 0 Å². The molecule has 0 saturated carbocycles. The van der Waals surface area contributed by atoms with Gasteiger partial charge in [-0.3, -0.25) is 0 Å². The van der Waals surface area contributed by atoms with Crippen LogP contribution in [0.1, 0.15) is 10.4 Å². The molecule has 0 saturated heterocycles. The maximum Gasteiger partial charge on any atom is 0.348 e. The molecule has 2 aromatic rings. The second-order valence-electron chi connectivity index (χ2n) is 3.17. The molecule has 17 heavy (non-hydrogen) atoms. The van der Waals surface area contributed by atoms with E-state index in [-0.39, 0.29) is 5.69 Å². The fourth-order valence-electron chi connectivity index (χ4n) is 1.36. The second-order valence-corrected chi connectivity index (χ2v) is 3.17. The Bertz CT molecular complexity index is 669. The summed E-state index contributed by atoms with van der Waals surface area (Å²) in [6.07, 6.45) is 0. The lowest BCUT2D eigenvalue weighted by Gasteiger charge is -2.02. The minimum absolute atomic E-state index is 0.0312. The molecule has 7 nitrogen and oxygen atoms in total. The highest BCUT2D eigenvalue weighted by Crippen LogP contribution is 2.11. The van der Waals surface area contributed by atoms with Gasteiger partial charge in [0.25, 0.3) is 0 Å². The van der Waals surface area contributed by atoms with Crippen LogP contribution in [0.4, 0.5) is 4.39 Å². The number of hydrogen-bond donors (Lipinski definition) is 3. The molecular weight excluding hydrogens is 233 g/mol. The molecule has 0 bridgehead atoms. The molecule has 1 aromatic heterocycles. The third-order valence-corrected chi connectivity index (χ3v) is 2.12. The van der Waals surface area contributed by atoms with E-state index in [1.54, 1.807) is 0 Å². The lowest BCUT2D eigenvalue weighted by molar-refractivity contribution is 0.0692. The van der Waals surface area contributed by atoms with Crippen molar-refractivity contribution in [3.05, 3.63) is 50.5 Å². The molecule has 0 unspecified atom stereocenters. The standard InChI is InChI=1S/C9H6FN3O4/c10-6-2-1-4(3-5(6)7(14)15)13-8(16)11-12-9(13)17/h1-3H,(H,11,16)(H,12,17)(H,14,15). The number of aromatic carboxylic acids is 1. The summed E-state index contributed by atoms with van der Waals surface area (Å²) in [6.45, 7) is 0. The molecule has 0 aliphatic heterocycles. The topological polar surface area (TPSA) is 108 Å². The van der Waals surface area contributed by atoms with Crippen LogP contribution in [0.2, 0.25) is 0 Å². The smallest absolute Gasteiger partial charge is 0.348 e. The number of nitrogens with one attached hydrogen (secondary N) is 2. The van der Waals surface area contributed by atoms with Crippen molar-refractivity contribution in [1.29, 1.82) is 0 Å². The summed E-state index contributed by atoms with van der Waals surface area (Å²) in [5.74, 6) is -2.43. The minimum Gasteiger partial charge on any atom is -0.478 e. The van der Waals surface area contributed by atoms with Gasteiger partial charge in [-0.25, -0.2) is 33.5 Å². The molecule has 8 heteroatoms. The van der Waals surface area contributed by atoms with Gasteiger partial charge in [-0.1, -0.05) is 0 Å². The first kappa shape index (κ1) is 10.9. The Labute approximate surface area is 92.1 Å². The number of aromatic amines is 2. The lowest BCUT2D eigenvalue weighted by Crippen LogP contribution is -2.24. The number of rotatable bonds is 2. The molecule has 3 N–H and O–H groups in total. The van der Waals surface area contributed by atoms with Crippen LogP contribution in [-0.2, 0) is 0 Å². The van der Waals surface area contributed by atoms with Crippen molar-refractivity contribution in [1.82, 2.24) is 14.8 Å². The van der Waals surface area contributed by atoms with Gasteiger partial charge in [-0.15, -0.1) is 0 Å². The van der Waals surface area contributed by atoms with Gasteiger partial charge in [0.1, 0.15) is 5.82 Å². The van der Waals surface area contributed by atoms with E-state index in [1.807, 2.05) is 10.2 Å². The summed E-state index contributed by atoms with van der Waals surface area (Å²) in [6, 6.07) is 2.91. The van der Waals surface area contributed by atoms with Crippen LogP contribution in [-0.4, -0.2) is 25.8 Å². The molecule has 0 atom stereocenters. The third kappa shape index (κ3) is 1.75. The zero-order chi connectivity index (χ0) is 12.6. The number of aromatic nitrogens is 3. The average molecular weight is 239 g/mol. The van der Waals surface area contributed by atoms with Crippen molar-refractivity contribution >= 4 is 5.97 Å². The zero-order valence-electron chi connectivity index (χ0n) is 8.23. The van der Waals surface area contributed by atoms with Crippen LogP contribution in [0.3, 0.4) is 0 Å². The van der Waals surface area contributed by atoms with Crippen molar-refractivity contribution in [2.24, 2.45) is 0 Å². The summed E-state index contributed by atoms with van der Waals surface area (Å²) in [4.78, 5) is 33.2. The Balaban J connectivity index is 2.70. The van der Waals surface area contributed by atoms with Crippen molar-refractivity contribution < 1.29 is 14.3 Å². The molecule has 0 radical (unpaired) electrons. The number of benzene rings is 1. The predicted octanol–water partition coefficient (Wildman–Crippen LogP) is -0.309. The van der Waals surface area contributed by atoms with E-state index in [0.717, 1.165) is 18.2 Å². The molecule has 0 amide bonds. The number of halogens is 1. The van der Waals surface area contributed by atoms with Crippen molar-refractivity contribution in [3.63, 3.8) is 0 Å². The summed E-state index contributed by atoms with van der Waals surface area (Å²) in [7, 11) is 0. The fourth-order valence-corrected chi connectivity index (χ4v) is 1.36. The van der Waals surface area contributed by atoms with Crippen molar-refractivity contribution in [3.8, 4) is 5.69 Å². The molecule has 2 rings (SSSR count). The van der Waals surface area contributed by atoms with Gasteiger partial charge in [-0.05, 0) is 18.2 Å². The van der Waals surface area contributed by atoms with Crippen LogP contribution in [0.5, 0.6) is 0 Å². The molecule has 1 aromatic carbocycles. The van der Waals surface area contributed by atoms with Gasteiger partial charge >= 0.3 is 17.3 Å². The van der Waals surface area contributed by atoms with E-state index in [2.05, 4.69) is 0 Å².